The Kier molecular flexibility index (Phi) is 3.07. The Balaban J connectivity index is 2.42. The summed E-state index contributed by atoms with van der Waals surface area (Å²) in [5.41, 5.74) is 2.16. The predicted molar refractivity (Wildman–Crippen MR) is 69.6 cm³/mol. The molecular weight excluding hydrogens is 272 g/mol. The number of benzene rings is 1. The van der Waals surface area contributed by atoms with E-state index in [-0.39, 0.29) is 0 Å². The maximum Gasteiger partial charge on any atom is 0.185 e. The van der Waals surface area contributed by atoms with Gasteiger partial charge in [-0.1, -0.05) is 34.1 Å². The van der Waals surface area contributed by atoms with Gasteiger partial charge in [-0.2, -0.15) is 0 Å². The molecule has 4 heteroatoms. The second kappa shape index (κ2) is 4.33. The Bertz CT molecular complexity index is 465. The van der Waals surface area contributed by atoms with Crippen LogP contribution in [-0.2, 0) is 0 Å². The van der Waals surface area contributed by atoms with E-state index < -0.39 is 0 Å². The van der Waals surface area contributed by atoms with Crippen molar-refractivity contribution in [2.75, 3.05) is 19.0 Å². The summed E-state index contributed by atoms with van der Waals surface area (Å²) in [6, 6.07) is 8.13. The maximum atomic E-state index is 4.56. The zero-order chi connectivity index (χ0) is 10.8. The third-order valence-electron chi connectivity index (χ3n) is 2.02. The van der Waals surface area contributed by atoms with E-state index in [1.807, 2.05) is 37.2 Å². The molecule has 0 N–H and O–H groups in total. The summed E-state index contributed by atoms with van der Waals surface area (Å²) in [6.45, 7) is 0. The molecular formula is C11H11BrN2S. The first-order chi connectivity index (χ1) is 7.18. The third kappa shape index (κ3) is 2.21. The van der Waals surface area contributed by atoms with Crippen LogP contribution < -0.4 is 4.90 Å². The van der Waals surface area contributed by atoms with Crippen molar-refractivity contribution in [2.24, 2.45) is 0 Å². The average Bonchev–Trinajstić information content (AvgIpc) is 2.67. The Labute approximate surface area is 102 Å². The van der Waals surface area contributed by atoms with Crippen molar-refractivity contribution < 1.29 is 0 Å². The summed E-state index contributed by atoms with van der Waals surface area (Å²) >= 11 is 5.19. The Morgan fingerprint density at radius 1 is 1.27 bits per heavy atom. The SMILES string of the molecule is CN(C)c1nc(-c2ccccc2Br)cs1. The number of nitrogens with zero attached hydrogens (tertiary/aromatic N) is 2. The fraction of sp³-hybridized carbons (Fsp3) is 0.182. The molecule has 0 saturated carbocycles. The first-order valence-electron chi connectivity index (χ1n) is 4.56. The summed E-state index contributed by atoms with van der Waals surface area (Å²) in [5, 5.41) is 3.11. The molecule has 0 atom stereocenters. The molecule has 1 aromatic carbocycles. The molecule has 0 amide bonds. The molecule has 1 aromatic heterocycles. The summed E-state index contributed by atoms with van der Waals surface area (Å²) in [6.07, 6.45) is 0. The van der Waals surface area contributed by atoms with Gasteiger partial charge in [-0.3, -0.25) is 0 Å². The van der Waals surface area contributed by atoms with Crippen molar-refractivity contribution in [2.45, 2.75) is 0 Å². The number of aromatic nitrogens is 1. The number of hydrogen-bond donors (Lipinski definition) is 0. The second-order valence-electron chi connectivity index (χ2n) is 3.39. The van der Waals surface area contributed by atoms with E-state index in [0.717, 1.165) is 20.9 Å². The van der Waals surface area contributed by atoms with Crippen LogP contribution in [0.1, 0.15) is 0 Å². The molecule has 0 aliphatic heterocycles. The van der Waals surface area contributed by atoms with Crippen LogP contribution in [0.3, 0.4) is 0 Å². The van der Waals surface area contributed by atoms with Gasteiger partial charge in [-0.15, -0.1) is 11.3 Å². The average molecular weight is 283 g/mol. The predicted octanol–water partition coefficient (Wildman–Crippen LogP) is 3.64. The quantitative estimate of drug-likeness (QED) is 0.836. The van der Waals surface area contributed by atoms with E-state index in [0.29, 0.717) is 0 Å². The molecule has 0 aliphatic rings. The monoisotopic (exact) mass is 282 g/mol. The lowest BCUT2D eigenvalue weighted by Gasteiger charge is -2.05. The molecule has 78 valence electrons. The first kappa shape index (κ1) is 10.6. The molecule has 2 nitrogen and oxygen atoms in total. The molecule has 0 fully saturated rings. The largest absolute Gasteiger partial charge is 0.354 e. The van der Waals surface area contributed by atoms with Gasteiger partial charge in [0, 0.05) is 29.5 Å². The topological polar surface area (TPSA) is 16.1 Å². The molecule has 0 aliphatic carbocycles. The van der Waals surface area contributed by atoms with E-state index in [1.165, 1.54) is 0 Å². The van der Waals surface area contributed by atoms with E-state index in [9.17, 15) is 0 Å². The molecule has 0 unspecified atom stereocenters. The van der Waals surface area contributed by atoms with Gasteiger partial charge in [-0.05, 0) is 6.07 Å². The number of anilines is 1. The number of thiazole rings is 1. The lowest BCUT2D eigenvalue weighted by Crippen LogP contribution is -2.07. The van der Waals surface area contributed by atoms with Crippen LogP contribution >= 0.6 is 27.3 Å². The minimum absolute atomic E-state index is 1.02. The maximum absolute atomic E-state index is 4.56. The Morgan fingerprint density at radius 2 is 2.00 bits per heavy atom. The van der Waals surface area contributed by atoms with Gasteiger partial charge in [0.05, 0.1) is 5.69 Å². The van der Waals surface area contributed by atoms with E-state index >= 15 is 0 Å². The lowest BCUT2D eigenvalue weighted by atomic mass is 10.2. The molecule has 0 saturated heterocycles. The third-order valence-corrected chi connectivity index (χ3v) is 3.72. The van der Waals surface area contributed by atoms with Crippen molar-refractivity contribution in [3.8, 4) is 11.3 Å². The van der Waals surface area contributed by atoms with Crippen LogP contribution in [0.2, 0.25) is 0 Å². The minimum Gasteiger partial charge on any atom is -0.354 e. The van der Waals surface area contributed by atoms with Gasteiger partial charge in [0.15, 0.2) is 5.13 Å². The van der Waals surface area contributed by atoms with Crippen molar-refractivity contribution in [3.05, 3.63) is 34.1 Å². The smallest absolute Gasteiger partial charge is 0.185 e. The molecule has 1 heterocycles. The molecule has 2 aromatic rings. The number of hydrogen-bond acceptors (Lipinski definition) is 3. The van der Waals surface area contributed by atoms with Gasteiger partial charge < -0.3 is 4.90 Å². The standard InChI is InChI=1S/C11H11BrN2S/c1-14(2)11-13-10(7-15-11)8-5-3-4-6-9(8)12/h3-7H,1-2H3. The molecule has 15 heavy (non-hydrogen) atoms. The molecule has 2 rings (SSSR count). The molecule has 0 bridgehead atoms. The summed E-state index contributed by atoms with van der Waals surface area (Å²) in [7, 11) is 4.01. The van der Waals surface area contributed by atoms with Crippen molar-refractivity contribution in [1.29, 1.82) is 0 Å². The van der Waals surface area contributed by atoms with Crippen LogP contribution in [0.5, 0.6) is 0 Å². The molecule has 0 radical (unpaired) electrons. The Morgan fingerprint density at radius 3 is 2.60 bits per heavy atom. The van der Waals surface area contributed by atoms with Gasteiger partial charge in [0.1, 0.15) is 0 Å². The highest BCUT2D eigenvalue weighted by Crippen LogP contribution is 2.31. The van der Waals surface area contributed by atoms with E-state index in [4.69, 9.17) is 0 Å². The highest BCUT2D eigenvalue weighted by molar-refractivity contribution is 9.10. The van der Waals surface area contributed by atoms with Gasteiger partial charge in [-0.25, -0.2) is 4.98 Å². The van der Waals surface area contributed by atoms with Crippen LogP contribution in [0.25, 0.3) is 11.3 Å². The zero-order valence-electron chi connectivity index (χ0n) is 8.57. The van der Waals surface area contributed by atoms with Crippen LogP contribution in [0.4, 0.5) is 5.13 Å². The summed E-state index contributed by atoms with van der Waals surface area (Å²) in [5.74, 6) is 0. The van der Waals surface area contributed by atoms with Crippen molar-refractivity contribution in [1.82, 2.24) is 4.98 Å². The van der Waals surface area contributed by atoms with E-state index in [1.54, 1.807) is 11.3 Å². The molecule has 0 spiro atoms. The van der Waals surface area contributed by atoms with Crippen LogP contribution in [0, 0.1) is 0 Å². The minimum atomic E-state index is 1.02. The van der Waals surface area contributed by atoms with Crippen LogP contribution in [0.15, 0.2) is 34.1 Å². The highest BCUT2D eigenvalue weighted by atomic mass is 79.9. The number of halogens is 1. The summed E-state index contributed by atoms with van der Waals surface area (Å²) < 4.78 is 1.08. The van der Waals surface area contributed by atoms with Crippen molar-refractivity contribution >= 4 is 32.4 Å². The van der Waals surface area contributed by atoms with Crippen molar-refractivity contribution in [3.63, 3.8) is 0 Å². The summed E-state index contributed by atoms with van der Waals surface area (Å²) in [4.78, 5) is 6.57. The fourth-order valence-corrected chi connectivity index (χ4v) is 2.51. The van der Waals surface area contributed by atoms with Crippen LogP contribution in [-0.4, -0.2) is 19.1 Å². The second-order valence-corrected chi connectivity index (χ2v) is 5.08. The van der Waals surface area contributed by atoms with Gasteiger partial charge in [0.25, 0.3) is 0 Å². The van der Waals surface area contributed by atoms with E-state index in [2.05, 4.69) is 32.4 Å². The Hall–Kier alpha value is -0.870. The highest BCUT2D eigenvalue weighted by Gasteiger charge is 2.07. The number of rotatable bonds is 2. The normalized spacial score (nSPS) is 10.3. The van der Waals surface area contributed by atoms with Gasteiger partial charge >= 0.3 is 0 Å². The first-order valence-corrected chi connectivity index (χ1v) is 6.23. The zero-order valence-corrected chi connectivity index (χ0v) is 11.0. The fourth-order valence-electron chi connectivity index (χ4n) is 1.26. The lowest BCUT2D eigenvalue weighted by molar-refractivity contribution is 1.11. The van der Waals surface area contributed by atoms with Gasteiger partial charge in [0.2, 0.25) is 0 Å².